The highest BCUT2D eigenvalue weighted by Gasteiger charge is 2.51. The van der Waals surface area contributed by atoms with E-state index in [-0.39, 0.29) is 22.9 Å². The van der Waals surface area contributed by atoms with E-state index in [0.29, 0.717) is 12.8 Å². The first-order valence-electron chi connectivity index (χ1n) is 6.32. The minimum atomic E-state index is -0.195. The van der Waals surface area contributed by atoms with Crippen LogP contribution in [0.25, 0.3) is 0 Å². The van der Waals surface area contributed by atoms with Crippen molar-refractivity contribution in [1.29, 1.82) is 0 Å². The second kappa shape index (κ2) is 3.67. The van der Waals surface area contributed by atoms with Gasteiger partial charge in [0.25, 0.3) is 0 Å². The van der Waals surface area contributed by atoms with Crippen LogP contribution in [0.2, 0.25) is 0 Å². The van der Waals surface area contributed by atoms with Gasteiger partial charge in [-0.15, -0.1) is 0 Å². The van der Waals surface area contributed by atoms with E-state index in [9.17, 15) is 9.59 Å². The van der Waals surface area contributed by atoms with Gasteiger partial charge < -0.3 is 4.42 Å². The van der Waals surface area contributed by atoms with E-state index in [1.165, 1.54) is 0 Å². The Labute approximate surface area is 106 Å². The SMILES string of the molecule is CC1=C2CC(=O)[C@@H](c3ccoc3)[C@]2(C)CCC1=O. The third-order valence-electron chi connectivity index (χ3n) is 4.62. The predicted molar refractivity (Wildman–Crippen MR) is 66.1 cm³/mol. The van der Waals surface area contributed by atoms with Gasteiger partial charge in [-0.05, 0) is 30.6 Å². The molecule has 1 saturated carbocycles. The summed E-state index contributed by atoms with van der Waals surface area (Å²) in [5.41, 5.74) is 2.61. The lowest BCUT2D eigenvalue weighted by atomic mass is 9.66. The fourth-order valence-electron chi connectivity index (χ4n) is 3.59. The maximum atomic E-state index is 12.3. The van der Waals surface area contributed by atoms with Crippen molar-refractivity contribution in [3.63, 3.8) is 0 Å². The molecular weight excluding hydrogens is 228 g/mol. The van der Waals surface area contributed by atoms with Crippen LogP contribution in [-0.4, -0.2) is 11.6 Å². The number of carbonyl (C=O) groups is 2. The van der Waals surface area contributed by atoms with Crippen molar-refractivity contribution < 1.29 is 14.0 Å². The van der Waals surface area contributed by atoms with Crippen LogP contribution in [0.1, 0.15) is 44.6 Å². The average Bonchev–Trinajstić information content (AvgIpc) is 2.91. The highest BCUT2D eigenvalue weighted by molar-refractivity contribution is 6.02. The molecule has 3 heteroatoms. The van der Waals surface area contributed by atoms with Crippen LogP contribution >= 0.6 is 0 Å². The molecule has 0 aliphatic heterocycles. The molecule has 2 aliphatic rings. The van der Waals surface area contributed by atoms with Gasteiger partial charge in [-0.1, -0.05) is 6.92 Å². The molecule has 1 aromatic heterocycles. The fraction of sp³-hybridized carbons (Fsp3) is 0.467. The summed E-state index contributed by atoms with van der Waals surface area (Å²) in [6.07, 6.45) is 4.99. The minimum absolute atomic E-state index is 0.144. The number of rotatable bonds is 1. The first kappa shape index (κ1) is 11.5. The monoisotopic (exact) mass is 244 g/mol. The summed E-state index contributed by atoms with van der Waals surface area (Å²) < 4.78 is 5.11. The molecule has 2 atom stereocenters. The van der Waals surface area contributed by atoms with Crippen molar-refractivity contribution in [3.8, 4) is 0 Å². The zero-order chi connectivity index (χ0) is 12.9. The van der Waals surface area contributed by atoms with Crippen LogP contribution in [0.15, 0.2) is 34.2 Å². The van der Waals surface area contributed by atoms with Crippen molar-refractivity contribution in [3.05, 3.63) is 35.3 Å². The molecule has 0 unspecified atom stereocenters. The molecule has 3 rings (SSSR count). The summed E-state index contributed by atoms with van der Waals surface area (Å²) in [7, 11) is 0. The molecule has 0 spiro atoms. The largest absolute Gasteiger partial charge is 0.472 e. The van der Waals surface area contributed by atoms with Crippen molar-refractivity contribution in [2.45, 2.75) is 39.0 Å². The second-order valence-corrected chi connectivity index (χ2v) is 5.58. The summed E-state index contributed by atoms with van der Waals surface area (Å²) in [4.78, 5) is 24.1. The number of hydrogen-bond acceptors (Lipinski definition) is 3. The van der Waals surface area contributed by atoms with Crippen LogP contribution in [0, 0.1) is 5.41 Å². The number of allylic oxidation sites excluding steroid dienone is 2. The van der Waals surface area contributed by atoms with Gasteiger partial charge in [-0.25, -0.2) is 0 Å². The molecule has 94 valence electrons. The van der Waals surface area contributed by atoms with E-state index in [1.54, 1.807) is 12.5 Å². The highest BCUT2D eigenvalue weighted by Crippen LogP contribution is 2.56. The zero-order valence-corrected chi connectivity index (χ0v) is 10.7. The average molecular weight is 244 g/mol. The smallest absolute Gasteiger partial charge is 0.158 e. The van der Waals surface area contributed by atoms with Crippen molar-refractivity contribution in [1.82, 2.24) is 0 Å². The summed E-state index contributed by atoms with van der Waals surface area (Å²) >= 11 is 0. The Morgan fingerprint density at radius 3 is 2.83 bits per heavy atom. The van der Waals surface area contributed by atoms with Crippen LogP contribution in [-0.2, 0) is 9.59 Å². The number of fused-ring (bicyclic) bond motifs is 1. The molecule has 0 radical (unpaired) electrons. The Morgan fingerprint density at radius 1 is 1.39 bits per heavy atom. The van der Waals surface area contributed by atoms with Crippen molar-refractivity contribution in [2.75, 3.05) is 0 Å². The number of Topliss-reactive ketones (excluding diaryl/α,β-unsaturated/α-hetero) is 2. The molecule has 3 nitrogen and oxygen atoms in total. The van der Waals surface area contributed by atoms with E-state index >= 15 is 0 Å². The lowest BCUT2D eigenvalue weighted by molar-refractivity contribution is -0.120. The lowest BCUT2D eigenvalue weighted by Crippen LogP contribution is -2.30. The van der Waals surface area contributed by atoms with Crippen molar-refractivity contribution in [2.24, 2.45) is 5.41 Å². The number of ketones is 2. The van der Waals surface area contributed by atoms with E-state index in [1.807, 2.05) is 13.0 Å². The van der Waals surface area contributed by atoms with Crippen LogP contribution in [0.3, 0.4) is 0 Å². The zero-order valence-electron chi connectivity index (χ0n) is 10.7. The Hall–Kier alpha value is -1.64. The maximum absolute atomic E-state index is 12.3. The van der Waals surface area contributed by atoms with Gasteiger partial charge in [0.2, 0.25) is 0 Å². The van der Waals surface area contributed by atoms with E-state index in [4.69, 9.17) is 4.42 Å². The van der Waals surface area contributed by atoms with Crippen molar-refractivity contribution >= 4 is 11.6 Å². The summed E-state index contributed by atoms with van der Waals surface area (Å²) in [6.45, 7) is 3.97. The Balaban J connectivity index is 2.14. The van der Waals surface area contributed by atoms with Gasteiger partial charge in [-0.3, -0.25) is 9.59 Å². The highest BCUT2D eigenvalue weighted by atomic mass is 16.3. The molecule has 2 aliphatic carbocycles. The lowest BCUT2D eigenvalue weighted by Gasteiger charge is -2.35. The van der Waals surface area contributed by atoms with Gasteiger partial charge in [0, 0.05) is 23.8 Å². The fourth-order valence-corrected chi connectivity index (χ4v) is 3.59. The Kier molecular flexibility index (Phi) is 2.34. The topological polar surface area (TPSA) is 47.3 Å². The Morgan fingerprint density at radius 2 is 2.17 bits per heavy atom. The molecule has 18 heavy (non-hydrogen) atoms. The number of hydrogen-bond donors (Lipinski definition) is 0. The molecule has 1 heterocycles. The molecule has 0 aromatic carbocycles. The molecule has 0 amide bonds. The first-order chi connectivity index (χ1) is 8.54. The maximum Gasteiger partial charge on any atom is 0.158 e. The van der Waals surface area contributed by atoms with Crippen LogP contribution in [0.5, 0.6) is 0 Å². The molecular formula is C15H16O3. The van der Waals surface area contributed by atoms with Gasteiger partial charge in [-0.2, -0.15) is 0 Å². The predicted octanol–water partition coefficient (Wildman–Crippen LogP) is 3.02. The third-order valence-corrected chi connectivity index (χ3v) is 4.62. The van der Waals surface area contributed by atoms with E-state index < -0.39 is 0 Å². The molecule has 1 aromatic rings. The van der Waals surface area contributed by atoms with E-state index in [2.05, 4.69) is 6.92 Å². The minimum Gasteiger partial charge on any atom is -0.472 e. The van der Waals surface area contributed by atoms with Gasteiger partial charge in [0.15, 0.2) is 5.78 Å². The third kappa shape index (κ3) is 1.36. The normalized spacial score (nSPS) is 32.0. The number of carbonyl (C=O) groups excluding carboxylic acids is 2. The Bertz CT molecular complexity index is 550. The summed E-state index contributed by atoms with van der Waals surface area (Å²) in [5, 5.41) is 0. The summed E-state index contributed by atoms with van der Waals surface area (Å²) in [5.74, 6) is 0.264. The second-order valence-electron chi connectivity index (χ2n) is 5.58. The van der Waals surface area contributed by atoms with Gasteiger partial charge in [0.1, 0.15) is 5.78 Å². The van der Waals surface area contributed by atoms with Crippen LogP contribution in [0.4, 0.5) is 0 Å². The quantitative estimate of drug-likeness (QED) is 0.762. The van der Waals surface area contributed by atoms with Crippen LogP contribution < -0.4 is 0 Å². The van der Waals surface area contributed by atoms with E-state index in [0.717, 1.165) is 23.1 Å². The summed E-state index contributed by atoms with van der Waals surface area (Å²) in [6, 6.07) is 1.86. The molecule has 0 bridgehead atoms. The molecule has 0 N–H and O–H groups in total. The van der Waals surface area contributed by atoms with Gasteiger partial charge in [0.05, 0.1) is 18.4 Å². The standard InChI is InChI=1S/C15H16O3/c1-9-11-7-13(17)14(10-4-6-18-8-10)15(11,2)5-3-12(9)16/h4,6,8,14H,3,5,7H2,1-2H3/t14-,15-/m1/s1. The molecule has 0 saturated heterocycles. The number of furan rings is 1. The first-order valence-corrected chi connectivity index (χ1v) is 6.32. The van der Waals surface area contributed by atoms with Gasteiger partial charge >= 0.3 is 0 Å². The molecule has 1 fully saturated rings.